The maximum atomic E-state index is 10.6. The highest BCUT2D eigenvalue weighted by molar-refractivity contribution is 7.99. The number of hydrogen-bond donors (Lipinski definition) is 2. The first-order valence-electron chi connectivity index (χ1n) is 3.77. The molecule has 0 fully saturated rings. The Hall–Kier alpha value is -0.750. The Kier molecular flexibility index (Phi) is 6.34. The molecule has 0 aliphatic carbocycles. The van der Waals surface area contributed by atoms with Gasteiger partial charge in [-0.3, -0.25) is 9.59 Å². The molecule has 5 nitrogen and oxygen atoms in total. The van der Waals surface area contributed by atoms with E-state index in [-0.39, 0.29) is 5.97 Å². The molecule has 0 saturated heterocycles. The third-order valence-corrected chi connectivity index (χ3v) is 2.43. The van der Waals surface area contributed by atoms with Crippen molar-refractivity contribution in [1.29, 1.82) is 0 Å². The Morgan fingerprint density at radius 1 is 1.54 bits per heavy atom. The summed E-state index contributed by atoms with van der Waals surface area (Å²) >= 11 is 1.41. The first-order chi connectivity index (χ1) is 6.07. The van der Waals surface area contributed by atoms with Crippen molar-refractivity contribution in [2.45, 2.75) is 12.5 Å². The molecule has 0 aromatic carbocycles. The third kappa shape index (κ3) is 6.41. The molecule has 13 heavy (non-hydrogen) atoms. The number of hydrogen-bond acceptors (Lipinski definition) is 5. The molecule has 0 saturated carbocycles. The van der Waals surface area contributed by atoms with Crippen LogP contribution in [0, 0.1) is 0 Å². The van der Waals surface area contributed by atoms with Gasteiger partial charge in [0, 0.05) is 11.5 Å². The fourth-order valence-corrected chi connectivity index (χ4v) is 1.45. The first-order valence-corrected chi connectivity index (χ1v) is 4.93. The first kappa shape index (κ1) is 12.2. The highest BCUT2D eigenvalue weighted by Gasteiger charge is 2.09. The Morgan fingerprint density at radius 2 is 2.15 bits per heavy atom. The van der Waals surface area contributed by atoms with Crippen LogP contribution >= 0.6 is 11.8 Å². The smallest absolute Gasteiger partial charge is 0.306 e. The number of nitrogens with two attached hydrogens (primary N) is 2. The van der Waals surface area contributed by atoms with Crippen molar-refractivity contribution in [2.24, 2.45) is 11.5 Å². The van der Waals surface area contributed by atoms with Gasteiger partial charge in [0.05, 0.1) is 19.6 Å². The maximum Gasteiger partial charge on any atom is 0.306 e. The van der Waals surface area contributed by atoms with Crippen LogP contribution in [-0.4, -0.2) is 36.5 Å². The lowest BCUT2D eigenvalue weighted by molar-refractivity contribution is -0.140. The number of primary amides is 1. The fraction of sp³-hybridized carbons (Fsp3) is 0.714. The Balaban J connectivity index is 3.35. The van der Waals surface area contributed by atoms with Gasteiger partial charge >= 0.3 is 5.97 Å². The van der Waals surface area contributed by atoms with Gasteiger partial charge in [-0.15, -0.1) is 0 Å². The van der Waals surface area contributed by atoms with Crippen LogP contribution in [0.4, 0.5) is 0 Å². The topological polar surface area (TPSA) is 95.4 Å². The van der Waals surface area contributed by atoms with Crippen molar-refractivity contribution < 1.29 is 14.3 Å². The standard InChI is InChI=1S/C7H14N2O3S/c1-12-6(10)2-3-13-4-5(8)7(9)11/h5H,2-4,8H2,1H3,(H2,9,11). The number of esters is 1. The van der Waals surface area contributed by atoms with Gasteiger partial charge in [-0.25, -0.2) is 0 Å². The van der Waals surface area contributed by atoms with Gasteiger partial charge in [-0.2, -0.15) is 11.8 Å². The average molecular weight is 206 g/mol. The molecule has 4 N–H and O–H groups in total. The van der Waals surface area contributed by atoms with Gasteiger partial charge < -0.3 is 16.2 Å². The summed E-state index contributed by atoms with van der Waals surface area (Å²) in [5.41, 5.74) is 10.3. The van der Waals surface area contributed by atoms with E-state index in [1.54, 1.807) is 0 Å². The maximum absolute atomic E-state index is 10.6. The van der Waals surface area contributed by atoms with E-state index in [0.717, 1.165) is 0 Å². The van der Waals surface area contributed by atoms with Gasteiger partial charge in [0.2, 0.25) is 5.91 Å². The lowest BCUT2D eigenvalue weighted by Gasteiger charge is -2.05. The molecule has 0 aliphatic rings. The van der Waals surface area contributed by atoms with Crippen LogP contribution in [0.1, 0.15) is 6.42 Å². The lowest BCUT2D eigenvalue weighted by atomic mass is 10.3. The highest BCUT2D eigenvalue weighted by Crippen LogP contribution is 2.04. The van der Waals surface area contributed by atoms with Gasteiger partial charge in [-0.05, 0) is 0 Å². The van der Waals surface area contributed by atoms with Crippen molar-refractivity contribution in [3.05, 3.63) is 0 Å². The zero-order valence-corrected chi connectivity index (χ0v) is 8.30. The SMILES string of the molecule is COC(=O)CCSCC(N)C(N)=O. The van der Waals surface area contributed by atoms with Gasteiger partial charge in [0.15, 0.2) is 0 Å². The number of ether oxygens (including phenoxy) is 1. The molecule has 0 aromatic rings. The van der Waals surface area contributed by atoms with Crippen LogP contribution in [0.15, 0.2) is 0 Å². The van der Waals surface area contributed by atoms with E-state index in [9.17, 15) is 9.59 Å². The van der Waals surface area contributed by atoms with E-state index in [4.69, 9.17) is 11.5 Å². The highest BCUT2D eigenvalue weighted by atomic mass is 32.2. The molecule has 0 radical (unpaired) electrons. The van der Waals surface area contributed by atoms with Crippen LogP contribution in [0.25, 0.3) is 0 Å². The molecule has 1 atom stereocenters. The number of carbonyl (C=O) groups is 2. The molecule has 0 rings (SSSR count). The minimum absolute atomic E-state index is 0.264. The average Bonchev–Trinajstić information content (AvgIpc) is 2.11. The molecule has 0 heterocycles. The molecule has 76 valence electrons. The summed E-state index contributed by atoms with van der Waals surface area (Å²) in [6.07, 6.45) is 0.326. The number of carbonyl (C=O) groups excluding carboxylic acids is 2. The van der Waals surface area contributed by atoms with E-state index in [2.05, 4.69) is 4.74 Å². The summed E-state index contributed by atoms with van der Waals surface area (Å²) in [4.78, 5) is 21.1. The number of rotatable bonds is 6. The van der Waals surface area contributed by atoms with Crippen LogP contribution in [0.3, 0.4) is 0 Å². The quantitative estimate of drug-likeness (QED) is 0.433. The Labute approximate surface area is 81.2 Å². The third-order valence-electron chi connectivity index (χ3n) is 1.34. The number of thioether (sulfide) groups is 1. The summed E-state index contributed by atoms with van der Waals surface area (Å²) in [7, 11) is 1.34. The molecule has 1 amide bonds. The van der Waals surface area contributed by atoms with Crippen LogP contribution < -0.4 is 11.5 Å². The minimum atomic E-state index is -0.636. The Morgan fingerprint density at radius 3 is 2.62 bits per heavy atom. The normalized spacial score (nSPS) is 12.2. The molecule has 0 bridgehead atoms. The van der Waals surface area contributed by atoms with Crippen molar-refractivity contribution >= 4 is 23.6 Å². The molecule has 0 aliphatic heterocycles. The van der Waals surface area contributed by atoms with Crippen LogP contribution in [0.2, 0.25) is 0 Å². The Bertz CT molecular complexity index is 187. The second-order valence-electron chi connectivity index (χ2n) is 2.41. The van der Waals surface area contributed by atoms with Crippen molar-refractivity contribution in [3.63, 3.8) is 0 Å². The summed E-state index contributed by atoms with van der Waals surface area (Å²) in [5.74, 6) is 0.241. The molecule has 1 unspecified atom stereocenters. The minimum Gasteiger partial charge on any atom is -0.469 e. The predicted molar refractivity (Wildman–Crippen MR) is 51.1 cm³/mol. The van der Waals surface area contributed by atoms with Crippen LogP contribution in [0.5, 0.6) is 0 Å². The summed E-state index contributed by atoms with van der Waals surface area (Å²) < 4.78 is 4.43. The van der Waals surface area contributed by atoms with Crippen molar-refractivity contribution in [1.82, 2.24) is 0 Å². The van der Waals surface area contributed by atoms with Gasteiger partial charge in [-0.1, -0.05) is 0 Å². The zero-order chi connectivity index (χ0) is 10.3. The fourth-order valence-electron chi connectivity index (χ4n) is 0.550. The van der Waals surface area contributed by atoms with Gasteiger partial charge in [0.1, 0.15) is 0 Å². The number of amides is 1. The molecule has 6 heteroatoms. The van der Waals surface area contributed by atoms with Crippen molar-refractivity contribution in [3.8, 4) is 0 Å². The largest absolute Gasteiger partial charge is 0.469 e. The lowest BCUT2D eigenvalue weighted by Crippen LogP contribution is -2.38. The molecule has 0 spiro atoms. The zero-order valence-electron chi connectivity index (χ0n) is 7.49. The monoisotopic (exact) mass is 206 g/mol. The molecular formula is C7H14N2O3S. The van der Waals surface area contributed by atoms with E-state index in [1.807, 2.05) is 0 Å². The van der Waals surface area contributed by atoms with Gasteiger partial charge in [0.25, 0.3) is 0 Å². The van der Waals surface area contributed by atoms with E-state index >= 15 is 0 Å². The summed E-state index contributed by atoms with van der Waals surface area (Å²) in [6.45, 7) is 0. The molecular weight excluding hydrogens is 192 g/mol. The van der Waals surface area contributed by atoms with E-state index in [1.165, 1.54) is 18.9 Å². The summed E-state index contributed by atoms with van der Waals surface area (Å²) in [5, 5.41) is 0. The predicted octanol–water partition coefficient (Wildman–Crippen LogP) is -0.905. The second-order valence-corrected chi connectivity index (χ2v) is 3.56. The molecule has 0 aromatic heterocycles. The van der Waals surface area contributed by atoms with Crippen molar-refractivity contribution in [2.75, 3.05) is 18.6 Å². The van der Waals surface area contributed by atoms with E-state index < -0.39 is 11.9 Å². The van der Waals surface area contributed by atoms with E-state index in [0.29, 0.717) is 17.9 Å². The van der Waals surface area contributed by atoms with Crippen LogP contribution in [-0.2, 0) is 14.3 Å². The number of methoxy groups -OCH3 is 1. The second kappa shape index (κ2) is 6.73. The summed E-state index contributed by atoms with van der Waals surface area (Å²) in [6, 6.07) is -0.636.